The molecule has 0 bridgehead atoms. The van der Waals surface area contributed by atoms with Crippen molar-refractivity contribution in [3.63, 3.8) is 0 Å². The third-order valence-corrected chi connectivity index (χ3v) is 5.47. The van der Waals surface area contributed by atoms with Gasteiger partial charge in [-0.05, 0) is 62.1 Å². The highest BCUT2D eigenvalue weighted by molar-refractivity contribution is 5.72. The molecule has 0 heterocycles. The summed E-state index contributed by atoms with van der Waals surface area (Å²) in [5.74, 6) is 0.211. The number of carbonyl (C=O) groups is 1. The van der Waals surface area contributed by atoms with Crippen molar-refractivity contribution in [2.75, 3.05) is 13.7 Å². The molecule has 0 radical (unpaired) electrons. The van der Waals surface area contributed by atoms with Gasteiger partial charge in [-0.2, -0.15) is 14.0 Å². The molecule has 0 aliphatic heterocycles. The first-order valence-corrected chi connectivity index (χ1v) is 9.18. The molecule has 0 spiro atoms. The predicted molar refractivity (Wildman–Crippen MR) is 92.6 cm³/mol. The third kappa shape index (κ3) is 4.49. The molecule has 27 heavy (non-hydrogen) atoms. The highest BCUT2D eigenvalue weighted by Gasteiger charge is 2.40. The van der Waals surface area contributed by atoms with E-state index in [9.17, 15) is 18.8 Å². The Morgan fingerprint density at radius 2 is 1.96 bits per heavy atom. The van der Waals surface area contributed by atoms with E-state index in [1.165, 1.54) is 13.2 Å². The van der Waals surface area contributed by atoms with Crippen molar-refractivity contribution in [2.24, 2.45) is 11.8 Å². The Bertz CT molecular complexity index is 719. The van der Waals surface area contributed by atoms with E-state index in [4.69, 9.17) is 9.47 Å². The smallest absolute Gasteiger partial charge is 0.387 e. The highest BCUT2D eigenvalue weighted by atomic mass is 19.3. The highest BCUT2D eigenvalue weighted by Crippen LogP contribution is 2.44. The Labute approximate surface area is 157 Å². The first-order valence-electron chi connectivity index (χ1n) is 9.18. The fourth-order valence-corrected chi connectivity index (χ4v) is 3.58. The second kappa shape index (κ2) is 8.12. The summed E-state index contributed by atoms with van der Waals surface area (Å²) in [6, 6.07) is 7.10. The van der Waals surface area contributed by atoms with E-state index in [1.807, 2.05) is 0 Å². The number of hydrogen-bond donors (Lipinski definition) is 0. The monoisotopic (exact) mass is 379 g/mol. The maximum absolute atomic E-state index is 12.7. The van der Waals surface area contributed by atoms with Crippen molar-refractivity contribution in [3.05, 3.63) is 23.8 Å². The first-order chi connectivity index (χ1) is 13.0. The number of carbonyl (C=O) groups excluding carboxylic acids is 1. The average molecular weight is 379 g/mol. The van der Waals surface area contributed by atoms with Crippen LogP contribution in [-0.4, -0.2) is 26.3 Å². The van der Waals surface area contributed by atoms with Gasteiger partial charge in [0.2, 0.25) is 0 Å². The molecule has 0 aromatic heterocycles. The van der Waals surface area contributed by atoms with Gasteiger partial charge in [0.25, 0.3) is 0 Å². The molecule has 0 unspecified atom stereocenters. The largest absolute Gasteiger partial charge is 0.489 e. The van der Waals surface area contributed by atoms with Crippen molar-refractivity contribution >= 4 is 5.97 Å². The standard InChI is InChI=1S/C20H23F2NO4/c1-25-18(24)14-6-8-20(12-23,9-7-14)15-4-5-16(27-19(21)22)17(10-15)26-11-13-2-3-13/h4-5,10,13-14,19H,2-3,6-9,11H2,1H3/t14-,20+. The molecular formula is C20H23F2NO4. The van der Waals surface area contributed by atoms with Gasteiger partial charge in [0.05, 0.1) is 31.1 Å². The Kier molecular flexibility index (Phi) is 5.83. The Hall–Kier alpha value is -2.36. The van der Waals surface area contributed by atoms with E-state index in [0.717, 1.165) is 12.8 Å². The van der Waals surface area contributed by atoms with Crippen LogP contribution < -0.4 is 9.47 Å². The molecule has 2 fully saturated rings. The SMILES string of the molecule is COC(=O)[C@H]1CC[C@@](C#N)(c2ccc(OC(F)F)c(OCC3CC3)c2)CC1. The van der Waals surface area contributed by atoms with Crippen molar-refractivity contribution in [1.82, 2.24) is 0 Å². The number of methoxy groups -OCH3 is 1. The van der Waals surface area contributed by atoms with Gasteiger partial charge in [0.15, 0.2) is 11.5 Å². The normalized spacial score (nSPS) is 24.9. The van der Waals surface area contributed by atoms with E-state index >= 15 is 0 Å². The molecule has 1 aromatic carbocycles. The summed E-state index contributed by atoms with van der Waals surface area (Å²) in [5, 5.41) is 9.85. The number of benzene rings is 1. The van der Waals surface area contributed by atoms with Crippen LogP contribution >= 0.6 is 0 Å². The van der Waals surface area contributed by atoms with Crippen molar-refractivity contribution < 1.29 is 27.8 Å². The van der Waals surface area contributed by atoms with Crippen LogP contribution in [-0.2, 0) is 14.9 Å². The van der Waals surface area contributed by atoms with E-state index in [1.54, 1.807) is 12.1 Å². The van der Waals surface area contributed by atoms with Crippen LogP contribution in [0.1, 0.15) is 44.1 Å². The van der Waals surface area contributed by atoms with Gasteiger partial charge in [-0.25, -0.2) is 0 Å². The molecule has 2 aliphatic rings. The molecule has 0 atom stereocenters. The lowest BCUT2D eigenvalue weighted by molar-refractivity contribution is -0.146. The van der Waals surface area contributed by atoms with Gasteiger partial charge < -0.3 is 14.2 Å². The van der Waals surface area contributed by atoms with Gasteiger partial charge in [0.1, 0.15) is 0 Å². The Balaban J connectivity index is 1.82. The van der Waals surface area contributed by atoms with Crippen LogP contribution in [0.5, 0.6) is 11.5 Å². The van der Waals surface area contributed by atoms with Gasteiger partial charge in [-0.3, -0.25) is 4.79 Å². The quantitative estimate of drug-likeness (QED) is 0.664. The molecule has 0 saturated heterocycles. The number of halogens is 2. The number of nitrogens with zero attached hydrogens (tertiary/aromatic N) is 1. The fraction of sp³-hybridized carbons (Fsp3) is 0.600. The van der Waals surface area contributed by atoms with E-state index in [0.29, 0.717) is 43.8 Å². The minimum atomic E-state index is -2.94. The molecule has 5 nitrogen and oxygen atoms in total. The lowest BCUT2D eigenvalue weighted by Crippen LogP contribution is -2.33. The maximum Gasteiger partial charge on any atom is 0.387 e. The summed E-state index contributed by atoms with van der Waals surface area (Å²) in [6.07, 6.45) is 4.24. The first kappa shape index (κ1) is 19.4. The molecule has 2 saturated carbocycles. The summed E-state index contributed by atoms with van der Waals surface area (Å²) in [4.78, 5) is 11.7. The van der Waals surface area contributed by atoms with Crippen LogP contribution in [0.3, 0.4) is 0 Å². The van der Waals surface area contributed by atoms with Gasteiger partial charge >= 0.3 is 12.6 Å². The number of rotatable bonds is 7. The summed E-state index contributed by atoms with van der Waals surface area (Å²) in [6.45, 7) is -2.49. The van der Waals surface area contributed by atoms with Crippen LogP contribution in [0.2, 0.25) is 0 Å². The van der Waals surface area contributed by atoms with E-state index < -0.39 is 12.0 Å². The summed E-state index contributed by atoms with van der Waals surface area (Å²) in [5.41, 5.74) is -0.0632. The van der Waals surface area contributed by atoms with Crippen molar-refractivity contribution in [2.45, 2.75) is 50.6 Å². The molecule has 2 aliphatic carbocycles. The zero-order valence-electron chi connectivity index (χ0n) is 15.2. The van der Waals surface area contributed by atoms with Crippen LogP contribution in [0.4, 0.5) is 8.78 Å². The van der Waals surface area contributed by atoms with E-state index in [2.05, 4.69) is 10.8 Å². The third-order valence-electron chi connectivity index (χ3n) is 5.47. The number of nitriles is 1. The molecule has 1 aromatic rings. The molecule has 0 N–H and O–H groups in total. The molecule has 146 valence electrons. The Morgan fingerprint density at radius 1 is 1.26 bits per heavy atom. The number of hydrogen-bond acceptors (Lipinski definition) is 5. The second-order valence-electron chi connectivity index (χ2n) is 7.29. The predicted octanol–water partition coefficient (Wildman–Crippen LogP) is 4.20. The maximum atomic E-state index is 12.7. The lowest BCUT2D eigenvalue weighted by atomic mass is 9.67. The molecular weight excluding hydrogens is 356 g/mol. The fourth-order valence-electron chi connectivity index (χ4n) is 3.58. The van der Waals surface area contributed by atoms with Gasteiger partial charge in [-0.15, -0.1) is 0 Å². The molecule has 3 rings (SSSR count). The number of alkyl halides is 2. The summed E-state index contributed by atoms with van der Waals surface area (Å²) >= 11 is 0. The summed E-state index contributed by atoms with van der Waals surface area (Å²) < 4.78 is 40.5. The van der Waals surface area contributed by atoms with Gasteiger partial charge in [-0.1, -0.05) is 6.07 Å². The molecule has 7 heteroatoms. The van der Waals surface area contributed by atoms with E-state index in [-0.39, 0.29) is 23.4 Å². The van der Waals surface area contributed by atoms with Crippen LogP contribution in [0.25, 0.3) is 0 Å². The summed E-state index contributed by atoms with van der Waals surface area (Å²) in [7, 11) is 1.36. The number of ether oxygens (including phenoxy) is 3. The minimum absolute atomic E-state index is 0.0225. The van der Waals surface area contributed by atoms with Crippen molar-refractivity contribution in [1.29, 1.82) is 5.26 Å². The lowest BCUT2D eigenvalue weighted by Gasteiger charge is -2.34. The minimum Gasteiger partial charge on any atom is -0.489 e. The van der Waals surface area contributed by atoms with Crippen LogP contribution in [0.15, 0.2) is 18.2 Å². The zero-order chi connectivity index (χ0) is 19.4. The average Bonchev–Trinajstić information content (AvgIpc) is 3.50. The van der Waals surface area contributed by atoms with Crippen LogP contribution in [0, 0.1) is 23.2 Å². The van der Waals surface area contributed by atoms with Crippen molar-refractivity contribution in [3.8, 4) is 17.6 Å². The topological polar surface area (TPSA) is 68.6 Å². The number of esters is 1. The second-order valence-corrected chi connectivity index (χ2v) is 7.29. The molecule has 0 amide bonds. The Morgan fingerprint density at radius 3 is 2.52 bits per heavy atom. The van der Waals surface area contributed by atoms with Gasteiger partial charge in [0, 0.05) is 0 Å². The zero-order valence-corrected chi connectivity index (χ0v) is 15.2.